The Morgan fingerprint density at radius 3 is 2.62 bits per heavy atom. The molecule has 0 bridgehead atoms. The highest BCUT2D eigenvalue weighted by atomic mass is 35.5. The molecule has 1 heterocycles. The van der Waals surface area contributed by atoms with Crippen molar-refractivity contribution in [3.05, 3.63) is 35.0 Å². The van der Waals surface area contributed by atoms with Crippen LogP contribution >= 0.6 is 11.6 Å². The Bertz CT molecular complexity index is 734. The maximum absolute atomic E-state index is 12.3. The zero-order chi connectivity index (χ0) is 15.2. The number of hydrogen-bond donors (Lipinski definition) is 2. The summed E-state index contributed by atoms with van der Waals surface area (Å²) < 4.78 is 5.45. The van der Waals surface area contributed by atoms with E-state index in [4.69, 9.17) is 16.0 Å². The fraction of sp³-hybridized carbons (Fsp3) is 0.333. The van der Waals surface area contributed by atoms with Crippen molar-refractivity contribution in [1.82, 2.24) is 5.32 Å². The number of carbonyl (C=O) groups is 2. The smallest absolute Gasteiger partial charge is 0.329 e. The van der Waals surface area contributed by atoms with Gasteiger partial charge in [-0.2, -0.15) is 0 Å². The Morgan fingerprint density at radius 1 is 1.38 bits per heavy atom. The molecule has 1 amide bonds. The summed E-state index contributed by atoms with van der Waals surface area (Å²) in [6.45, 7) is 1.52. The average molecular weight is 308 g/mol. The monoisotopic (exact) mass is 307 g/mol. The maximum Gasteiger partial charge on any atom is 0.329 e. The van der Waals surface area contributed by atoms with Gasteiger partial charge in [0.2, 0.25) is 5.76 Å². The Morgan fingerprint density at radius 2 is 2.05 bits per heavy atom. The van der Waals surface area contributed by atoms with Gasteiger partial charge < -0.3 is 14.8 Å². The van der Waals surface area contributed by atoms with Crippen molar-refractivity contribution in [2.45, 2.75) is 25.3 Å². The second-order valence-corrected chi connectivity index (χ2v) is 5.86. The van der Waals surface area contributed by atoms with Gasteiger partial charge >= 0.3 is 5.97 Å². The number of furan rings is 1. The summed E-state index contributed by atoms with van der Waals surface area (Å²) in [4.78, 5) is 23.8. The summed E-state index contributed by atoms with van der Waals surface area (Å²) in [6.07, 6.45) is 1.58. The molecule has 1 aliphatic rings. The van der Waals surface area contributed by atoms with E-state index in [9.17, 15) is 14.7 Å². The van der Waals surface area contributed by atoms with Crippen LogP contribution in [0.3, 0.4) is 0 Å². The highest BCUT2D eigenvalue weighted by Crippen LogP contribution is 2.40. The number of hydrogen-bond acceptors (Lipinski definition) is 3. The normalized spacial score (nSPS) is 17.4. The lowest BCUT2D eigenvalue weighted by Gasteiger charge is -2.25. The largest absolute Gasteiger partial charge is 0.480 e. The summed E-state index contributed by atoms with van der Waals surface area (Å²) in [5.41, 5.74) is -0.796. The molecule has 0 saturated heterocycles. The molecule has 21 heavy (non-hydrogen) atoms. The van der Waals surface area contributed by atoms with Gasteiger partial charge in [0.15, 0.2) is 0 Å². The van der Waals surface area contributed by atoms with Crippen LogP contribution in [0.5, 0.6) is 0 Å². The summed E-state index contributed by atoms with van der Waals surface area (Å²) in [5.74, 6) is -1.76. The van der Waals surface area contributed by atoms with Crippen molar-refractivity contribution in [3.63, 3.8) is 0 Å². The fourth-order valence-corrected chi connectivity index (χ4v) is 2.72. The van der Waals surface area contributed by atoms with Gasteiger partial charge in [0.05, 0.1) is 5.02 Å². The zero-order valence-corrected chi connectivity index (χ0v) is 12.1. The molecule has 1 aliphatic carbocycles. The molecule has 2 N–H and O–H groups in total. The predicted octanol–water partition coefficient (Wildman–Crippen LogP) is 3.07. The molecule has 0 spiro atoms. The van der Waals surface area contributed by atoms with Crippen molar-refractivity contribution in [3.8, 4) is 0 Å². The lowest BCUT2D eigenvalue weighted by Crippen LogP contribution is -2.54. The van der Waals surface area contributed by atoms with Gasteiger partial charge in [0.1, 0.15) is 11.1 Å². The third-order valence-corrected chi connectivity index (χ3v) is 4.33. The minimum atomic E-state index is -1.29. The molecular formula is C15H14ClNO4. The summed E-state index contributed by atoms with van der Waals surface area (Å²) in [5, 5.41) is 12.8. The number of fused-ring (bicyclic) bond motifs is 1. The fourth-order valence-electron chi connectivity index (χ4n) is 2.44. The number of aliphatic carboxylic acids is 1. The van der Waals surface area contributed by atoms with E-state index >= 15 is 0 Å². The van der Waals surface area contributed by atoms with E-state index in [1.54, 1.807) is 24.3 Å². The van der Waals surface area contributed by atoms with Crippen LogP contribution in [0, 0.1) is 5.92 Å². The van der Waals surface area contributed by atoms with Crippen molar-refractivity contribution >= 4 is 34.4 Å². The molecule has 2 aromatic rings. The van der Waals surface area contributed by atoms with Crippen LogP contribution in [0.2, 0.25) is 5.02 Å². The van der Waals surface area contributed by atoms with Gasteiger partial charge in [0.25, 0.3) is 5.91 Å². The second-order valence-electron chi connectivity index (χ2n) is 5.48. The first-order valence-corrected chi connectivity index (χ1v) is 7.04. The van der Waals surface area contributed by atoms with E-state index in [1.807, 2.05) is 0 Å². The first-order valence-electron chi connectivity index (χ1n) is 6.66. The van der Waals surface area contributed by atoms with Gasteiger partial charge in [0, 0.05) is 5.39 Å². The van der Waals surface area contributed by atoms with E-state index in [0.717, 1.165) is 12.8 Å². The van der Waals surface area contributed by atoms with Crippen LogP contribution in [-0.4, -0.2) is 22.5 Å². The number of nitrogens with one attached hydrogen (secondary N) is 1. The van der Waals surface area contributed by atoms with Crippen molar-refractivity contribution < 1.29 is 19.1 Å². The first kappa shape index (κ1) is 13.9. The molecule has 110 valence electrons. The quantitative estimate of drug-likeness (QED) is 0.909. The number of carboxylic acid groups (broad SMARTS) is 1. The Labute approximate surface area is 125 Å². The lowest BCUT2D eigenvalue weighted by atomic mass is 9.96. The van der Waals surface area contributed by atoms with E-state index in [2.05, 4.69) is 5.32 Å². The minimum Gasteiger partial charge on any atom is -0.480 e. The van der Waals surface area contributed by atoms with Gasteiger partial charge in [-0.3, -0.25) is 4.79 Å². The molecule has 5 nitrogen and oxygen atoms in total. The van der Waals surface area contributed by atoms with E-state index in [0.29, 0.717) is 11.0 Å². The molecule has 1 atom stereocenters. The zero-order valence-electron chi connectivity index (χ0n) is 11.4. The Hall–Kier alpha value is -2.01. The van der Waals surface area contributed by atoms with Crippen molar-refractivity contribution in [2.75, 3.05) is 0 Å². The van der Waals surface area contributed by atoms with Crippen LogP contribution in [0.4, 0.5) is 0 Å². The lowest BCUT2D eigenvalue weighted by molar-refractivity contribution is -0.144. The summed E-state index contributed by atoms with van der Waals surface area (Å²) in [7, 11) is 0. The molecular weight excluding hydrogens is 294 g/mol. The molecule has 0 aliphatic heterocycles. The molecule has 3 rings (SSSR count). The van der Waals surface area contributed by atoms with E-state index < -0.39 is 17.4 Å². The standard InChI is InChI=1S/C15H14ClNO4/c1-15(14(19)20,8-6-7-8)17-13(18)12-11(16)9-4-2-3-5-10(9)21-12/h2-5,8H,6-7H2,1H3,(H,17,18)(H,19,20). The van der Waals surface area contributed by atoms with Gasteiger partial charge in [-0.15, -0.1) is 0 Å². The second kappa shape index (κ2) is 4.77. The number of amides is 1. The highest BCUT2D eigenvalue weighted by Gasteiger charge is 2.49. The third-order valence-electron chi connectivity index (χ3n) is 3.95. The molecule has 1 aromatic heterocycles. The molecule has 1 aromatic carbocycles. The van der Waals surface area contributed by atoms with E-state index in [-0.39, 0.29) is 16.7 Å². The van der Waals surface area contributed by atoms with E-state index in [1.165, 1.54) is 6.92 Å². The Kier molecular flexibility index (Phi) is 3.17. The van der Waals surface area contributed by atoms with Crippen LogP contribution in [-0.2, 0) is 4.79 Å². The van der Waals surface area contributed by atoms with Crippen LogP contribution in [0.15, 0.2) is 28.7 Å². The number of para-hydroxylation sites is 1. The van der Waals surface area contributed by atoms with Gasteiger partial charge in [-0.1, -0.05) is 23.7 Å². The van der Waals surface area contributed by atoms with Gasteiger partial charge in [-0.05, 0) is 37.8 Å². The number of carbonyl (C=O) groups excluding carboxylic acids is 1. The molecule has 1 unspecified atom stereocenters. The van der Waals surface area contributed by atoms with Crippen LogP contribution in [0.1, 0.15) is 30.3 Å². The third kappa shape index (κ3) is 2.27. The number of rotatable bonds is 4. The number of benzene rings is 1. The molecule has 6 heteroatoms. The number of carboxylic acids is 1. The number of halogens is 1. The van der Waals surface area contributed by atoms with Crippen LogP contribution < -0.4 is 5.32 Å². The van der Waals surface area contributed by atoms with Crippen molar-refractivity contribution in [1.29, 1.82) is 0 Å². The van der Waals surface area contributed by atoms with Gasteiger partial charge in [-0.25, -0.2) is 4.79 Å². The predicted molar refractivity (Wildman–Crippen MR) is 77.5 cm³/mol. The molecule has 0 radical (unpaired) electrons. The minimum absolute atomic E-state index is 0.0500. The van der Waals surface area contributed by atoms with Crippen molar-refractivity contribution in [2.24, 2.45) is 5.92 Å². The topological polar surface area (TPSA) is 79.5 Å². The van der Waals surface area contributed by atoms with Crippen LogP contribution in [0.25, 0.3) is 11.0 Å². The maximum atomic E-state index is 12.3. The SMILES string of the molecule is CC(NC(=O)c1oc2ccccc2c1Cl)(C(=O)O)C1CC1. The highest BCUT2D eigenvalue weighted by molar-refractivity contribution is 6.38. The summed E-state index contributed by atoms with van der Waals surface area (Å²) in [6, 6.07) is 7.01. The molecule has 1 saturated carbocycles. The summed E-state index contributed by atoms with van der Waals surface area (Å²) >= 11 is 6.15. The average Bonchev–Trinajstić information content (AvgIpc) is 3.24. The molecule has 1 fully saturated rings. The first-order chi connectivity index (χ1) is 9.93. The Balaban J connectivity index is 1.93.